The number of carboxylic acid groups (broad SMARTS) is 1. The number of likely N-dealkylation sites (tertiary alicyclic amines) is 1. The number of hydrogen-bond acceptors (Lipinski definition) is 6. The number of carbonyl (C=O) groups is 3. The Morgan fingerprint density at radius 2 is 1.90 bits per heavy atom. The van der Waals surface area contributed by atoms with Crippen LogP contribution in [0.1, 0.15) is 66.7 Å². The maximum Gasteiger partial charge on any atom is 0.356 e. The van der Waals surface area contributed by atoms with Crippen LogP contribution in [-0.4, -0.2) is 82.0 Å². The number of nitrogens with zero attached hydrogens (tertiary/aromatic N) is 2. The number of aromatic amines is 2. The predicted octanol–water partition coefficient (Wildman–Crippen LogP) is 3.51. The summed E-state index contributed by atoms with van der Waals surface area (Å²) in [4.78, 5) is 50.9. The largest absolute Gasteiger partial charge is 0.476 e. The minimum absolute atomic E-state index is 0.0338. The summed E-state index contributed by atoms with van der Waals surface area (Å²) in [6.07, 6.45) is 4.08. The third-order valence-corrected chi connectivity index (χ3v) is 7.32. The fourth-order valence-corrected chi connectivity index (χ4v) is 5.20. The van der Waals surface area contributed by atoms with Crippen LogP contribution in [0.2, 0.25) is 0 Å². The van der Waals surface area contributed by atoms with E-state index >= 15 is 0 Å². The second kappa shape index (κ2) is 13.6. The van der Waals surface area contributed by atoms with Crippen molar-refractivity contribution in [2.24, 2.45) is 5.92 Å². The first kappa shape index (κ1) is 30.1. The van der Waals surface area contributed by atoms with Gasteiger partial charge in [-0.3, -0.25) is 4.79 Å². The molecule has 1 unspecified atom stereocenters. The normalized spacial score (nSPS) is 15.7. The highest BCUT2D eigenvalue weighted by atomic mass is 16.7. The standard InChI is InChI=1S/C29H40N6O6/c1-17(2)13-24(33-29(39)35-11-9-20(10-12-35)41-16-40-4)27(36)32-23(26-31-18(3)25(34-26)28(37)38)14-19-15-30-22-8-6-5-7-21(19)22/h5-8,15,17,20,23-24,30H,9-14,16H2,1-4H3,(H,31,34)(H,32,36)(H,33,39)(H,37,38)/t23-,24?/m1/s1. The second-order valence-electron chi connectivity index (χ2n) is 10.9. The van der Waals surface area contributed by atoms with Crippen LogP contribution in [0.25, 0.3) is 10.9 Å². The molecule has 41 heavy (non-hydrogen) atoms. The molecule has 1 aliphatic rings. The van der Waals surface area contributed by atoms with Crippen molar-refractivity contribution in [2.75, 3.05) is 27.0 Å². The Kier molecular flexibility index (Phi) is 10.0. The van der Waals surface area contributed by atoms with Gasteiger partial charge in [0.15, 0.2) is 5.69 Å². The molecule has 1 aromatic carbocycles. The number of urea groups is 1. The SMILES string of the molecule is COCOC1CCN(C(=O)NC(CC(C)C)C(=O)N[C@H](Cc2c[nH]c3ccccc23)c2nc(C(=O)O)c(C)[nH]2)CC1. The molecule has 0 saturated carbocycles. The Hall–Kier alpha value is -3.90. The fourth-order valence-electron chi connectivity index (χ4n) is 5.20. The number of imidazole rings is 1. The topological polar surface area (TPSA) is 162 Å². The van der Waals surface area contributed by atoms with E-state index in [9.17, 15) is 19.5 Å². The molecule has 222 valence electrons. The number of aromatic carboxylic acids is 1. The van der Waals surface area contributed by atoms with Crippen LogP contribution >= 0.6 is 0 Å². The number of H-pyrrole nitrogens is 2. The Labute approximate surface area is 239 Å². The van der Waals surface area contributed by atoms with Gasteiger partial charge in [0.2, 0.25) is 5.91 Å². The van der Waals surface area contributed by atoms with Crippen LogP contribution in [-0.2, 0) is 20.7 Å². The number of piperidine rings is 1. The van der Waals surface area contributed by atoms with Crippen LogP contribution < -0.4 is 10.6 Å². The van der Waals surface area contributed by atoms with Gasteiger partial charge in [0.05, 0.1) is 12.1 Å². The van der Waals surface area contributed by atoms with E-state index in [1.54, 1.807) is 18.9 Å². The van der Waals surface area contributed by atoms with E-state index in [0.717, 1.165) is 16.5 Å². The molecule has 1 aliphatic heterocycles. The van der Waals surface area contributed by atoms with Gasteiger partial charge in [-0.1, -0.05) is 32.0 Å². The predicted molar refractivity (Wildman–Crippen MR) is 153 cm³/mol. The minimum Gasteiger partial charge on any atom is -0.476 e. The quantitative estimate of drug-likeness (QED) is 0.209. The summed E-state index contributed by atoms with van der Waals surface area (Å²) >= 11 is 0. The lowest BCUT2D eigenvalue weighted by atomic mass is 10.0. The van der Waals surface area contributed by atoms with E-state index in [4.69, 9.17) is 9.47 Å². The third-order valence-electron chi connectivity index (χ3n) is 7.32. The molecule has 1 saturated heterocycles. The summed E-state index contributed by atoms with van der Waals surface area (Å²) in [5.74, 6) is -1.04. The van der Waals surface area contributed by atoms with E-state index in [1.165, 1.54) is 0 Å². The van der Waals surface area contributed by atoms with Gasteiger partial charge < -0.3 is 40.1 Å². The smallest absolute Gasteiger partial charge is 0.356 e. The van der Waals surface area contributed by atoms with Crippen LogP contribution in [0.15, 0.2) is 30.5 Å². The number of carbonyl (C=O) groups excluding carboxylic acids is 2. The maximum atomic E-state index is 13.7. The van der Waals surface area contributed by atoms with Crippen LogP contribution in [0.5, 0.6) is 0 Å². The van der Waals surface area contributed by atoms with Gasteiger partial charge in [0.1, 0.15) is 18.7 Å². The number of fused-ring (bicyclic) bond motifs is 1. The number of carboxylic acids is 1. The van der Waals surface area contributed by atoms with Gasteiger partial charge in [-0.25, -0.2) is 14.6 Å². The van der Waals surface area contributed by atoms with Crippen molar-refractivity contribution in [3.63, 3.8) is 0 Å². The number of rotatable bonds is 12. The van der Waals surface area contributed by atoms with E-state index in [0.29, 0.717) is 50.3 Å². The number of benzene rings is 1. The fraction of sp³-hybridized carbons (Fsp3) is 0.517. The molecule has 0 spiro atoms. The number of aromatic nitrogens is 3. The zero-order valence-corrected chi connectivity index (χ0v) is 24.0. The highest BCUT2D eigenvalue weighted by molar-refractivity contribution is 5.88. The van der Waals surface area contributed by atoms with Gasteiger partial charge >= 0.3 is 12.0 Å². The van der Waals surface area contributed by atoms with Crippen LogP contribution in [0, 0.1) is 12.8 Å². The van der Waals surface area contributed by atoms with Crippen molar-refractivity contribution in [3.8, 4) is 0 Å². The van der Waals surface area contributed by atoms with Crippen LogP contribution in [0.3, 0.4) is 0 Å². The molecule has 12 nitrogen and oxygen atoms in total. The number of amides is 3. The Balaban J connectivity index is 1.52. The van der Waals surface area contributed by atoms with Crippen molar-refractivity contribution < 1.29 is 29.0 Å². The average molecular weight is 569 g/mol. The third kappa shape index (κ3) is 7.65. The second-order valence-corrected chi connectivity index (χ2v) is 10.9. The number of aryl methyl sites for hydroxylation is 1. The summed E-state index contributed by atoms with van der Waals surface area (Å²) in [6, 6.07) is 6.08. The summed E-state index contributed by atoms with van der Waals surface area (Å²) in [7, 11) is 1.58. The molecule has 4 rings (SSSR count). The van der Waals surface area contributed by atoms with E-state index in [-0.39, 0.29) is 36.4 Å². The lowest BCUT2D eigenvalue weighted by Gasteiger charge is -2.33. The number of para-hydroxylation sites is 1. The van der Waals surface area contributed by atoms with Gasteiger partial charge in [0, 0.05) is 49.4 Å². The van der Waals surface area contributed by atoms with E-state index in [1.807, 2.05) is 44.3 Å². The van der Waals surface area contributed by atoms with Gasteiger partial charge in [-0.05, 0) is 43.7 Å². The zero-order valence-electron chi connectivity index (χ0n) is 24.0. The molecular formula is C29H40N6O6. The molecule has 2 aromatic heterocycles. The van der Waals surface area contributed by atoms with Crippen LogP contribution in [0.4, 0.5) is 4.79 Å². The van der Waals surface area contributed by atoms with Crippen molar-refractivity contribution in [1.29, 1.82) is 0 Å². The number of ether oxygens (including phenoxy) is 2. The molecule has 5 N–H and O–H groups in total. The number of nitrogens with one attached hydrogen (secondary N) is 4. The molecule has 0 aliphatic carbocycles. The van der Waals surface area contributed by atoms with Gasteiger partial charge in [0.25, 0.3) is 0 Å². The summed E-state index contributed by atoms with van der Waals surface area (Å²) < 4.78 is 10.6. The highest BCUT2D eigenvalue weighted by Crippen LogP contribution is 2.25. The molecule has 1 fully saturated rings. The average Bonchev–Trinajstić information content (AvgIpc) is 3.54. The maximum absolute atomic E-state index is 13.7. The first-order valence-electron chi connectivity index (χ1n) is 14.0. The highest BCUT2D eigenvalue weighted by Gasteiger charge is 2.30. The molecule has 12 heteroatoms. The molecule has 0 radical (unpaired) electrons. The first-order valence-corrected chi connectivity index (χ1v) is 14.0. The molecule has 2 atom stereocenters. The summed E-state index contributed by atoms with van der Waals surface area (Å²) in [5, 5.41) is 16.6. The lowest BCUT2D eigenvalue weighted by molar-refractivity contribution is -0.124. The van der Waals surface area contributed by atoms with E-state index < -0.39 is 18.1 Å². The monoisotopic (exact) mass is 568 g/mol. The van der Waals surface area contributed by atoms with Gasteiger partial charge in [-0.15, -0.1) is 0 Å². The number of methoxy groups -OCH3 is 1. The molecule has 0 bridgehead atoms. The van der Waals surface area contributed by atoms with E-state index in [2.05, 4.69) is 25.6 Å². The Morgan fingerprint density at radius 1 is 1.17 bits per heavy atom. The van der Waals surface area contributed by atoms with Gasteiger partial charge in [-0.2, -0.15) is 0 Å². The summed E-state index contributed by atoms with van der Waals surface area (Å²) in [5.41, 5.74) is 2.20. The summed E-state index contributed by atoms with van der Waals surface area (Å²) in [6.45, 7) is 6.87. The Bertz CT molecular complexity index is 1340. The molecule has 3 aromatic rings. The number of hydrogen-bond donors (Lipinski definition) is 5. The first-order chi connectivity index (χ1) is 19.7. The lowest BCUT2D eigenvalue weighted by Crippen LogP contribution is -2.54. The molecule has 3 amide bonds. The zero-order chi connectivity index (χ0) is 29.5. The Morgan fingerprint density at radius 3 is 2.56 bits per heavy atom. The van der Waals surface area contributed by atoms with Crippen molar-refractivity contribution in [2.45, 2.75) is 64.6 Å². The molecular weight excluding hydrogens is 528 g/mol. The van der Waals surface area contributed by atoms with Crippen molar-refractivity contribution >= 4 is 28.8 Å². The molecule has 3 heterocycles. The van der Waals surface area contributed by atoms with Crippen molar-refractivity contribution in [1.82, 2.24) is 30.5 Å². The minimum atomic E-state index is -1.15. The van der Waals surface area contributed by atoms with Crippen molar-refractivity contribution in [3.05, 3.63) is 53.2 Å².